The molecule has 8 N–H and O–H groups in total. The number of rotatable bonds is 25. The number of aliphatic hydroxyl groups excluding tert-OH is 1. The number of aromatic amines is 2. The third kappa shape index (κ3) is 22.0. The van der Waals surface area contributed by atoms with E-state index in [9.17, 15) is 53.1 Å². The number of carbonyl (C=O) groups excluding carboxylic acids is 10. The number of hydrogen-bond donors (Lipinski definition) is 8. The monoisotopic (exact) mass is 1330 g/mol. The third-order valence-electron chi connectivity index (χ3n) is 17.2. The molecule has 6 aromatic rings. The van der Waals surface area contributed by atoms with Crippen molar-refractivity contribution in [2.24, 2.45) is 35.5 Å². The van der Waals surface area contributed by atoms with Crippen LogP contribution >= 0.6 is 0 Å². The average Bonchev–Trinajstić information content (AvgIpc) is 1.67. The van der Waals surface area contributed by atoms with Crippen molar-refractivity contribution in [3.63, 3.8) is 0 Å². The van der Waals surface area contributed by atoms with Gasteiger partial charge in [0.05, 0.1) is 37.7 Å². The van der Waals surface area contributed by atoms with E-state index in [-0.39, 0.29) is 87.8 Å². The number of ketones is 4. The van der Waals surface area contributed by atoms with Crippen LogP contribution in [0.5, 0.6) is 11.5 Å². The second kappa shape index (κ2) is 37.9. The molecule has 8 atom stereocenters. The Balaban J connectivity index is 0.000000273. The highest BCUT2D eigenvalue weighted by atomic mass is 16.6. The molecule has 0 spiro atoms. The highest BCUT2D eigenvalue weighted by Gasteiger charge is 2.37. The second-order valence-electron chi connectivity index (χ2n) is 25.3. The minimum atomic E-state index is -1.03. The average molecular weight is 1330 g/mol. The number of nitrogens with zero attached hydrogens (tertiary/aromatic N) is 5. The molecule has 4 fully saturated rings. The zero-order chi connectivity index (χ0) is 68.0. The Morgan fingerprint density at radius 2 is 1.12 bits per heavy atom. The van der Waals surface area contributed by atoms with Crippen molar-refractivity contribution in [3.05, 3.63) is 97.4 Å². The molecule has 4 aliphatic heterocycles. The Labute approximate surface area is 561 Å². The Morgan fingerprint density at radius 3 is 1.48 bits per heavy atom. The predicted octanol–water partition coefficient (Wildman–Crippen LogP) is 8.22. The number of ether oxygens (including phenoxy) is 3. The summed E-state index contributed by atoms with van der Waals surface area (Å²) in [5, 5.41) is 25.3. The first-order valence-corrected chi connectivity index (χ1v) is 32.4. The summed E-state index contributed by atoms with van der Waals surface area (Å²) in [5.41, 5.74) is 2.26. The number of aromatic nitrogens is 6. The van der Waals surface area contributed by atoms with Crippen molar-refractivity contribution in [1.82, 2.24) is 60.6 Å². The van der Waals surface area contributed by atoms with Crippen LogP contribution in [0.4, 0.5) is 9.59 Å². The van der Waals surface area contributed by atoms with Crippen LogP contribution in [0.15, 0.2) is 86.0 Å². The number of fused-ring (bicyclic) bond motifs is 2. The van der Waals surface area contributed by atoms with E-state index in [1.54, 1.807) is 56.0 Å². The van der Waals surface area contributed by atoms with Crippen LogP contribution in [0, 0.1) is 35.5 Å². The van der Waals surface area contributed by atoms with Gasteiger partial charge in [-0.2, -0.15) is 0 Å². The molecule has 4 saturated heterocycles. The van der Waals surface area contributed by atoms with Crippen molar-refractivity contribution in [2.45, 2.75) is 158 Å². The van der Waals surface area contributed by atoms with Gasteiger partial charge in [-0.25, -0.2) is 19.6 Å². The first kappa shape index (κ1) is 77.7. The van der Waals surface area contributed by atoms with Gasteiger partial charge in [0.1, 0.15) is 30.8 Å². The van der Waals surface area contributed by atoms with E-state index in [0.717, 1.165) is 40.7 Å². The lowest BCUT2D eigenvalue weighted by Gasteiger charge is -2.25. The molecule has 26 heteroatoms. The molecule has 0 bridgehead atoms. The van der Waals surface area contributed by atoms with Crippen molar-refractivity contribution in [2.75, 3.05) is 53.6 Å². The molecule has 0 saturated carbocycles. The van der Waals surface area contributed by atoms with Gasteiger partial charge >= 0.3 is 12.1 Å². The summed E-state index contributed by atoms with van der Waals surface area (Å²) in [5.74, 6) is -3.38. The predicted molar refractivity (Wildman–Crippen MR) is 363 cm³/mol. The Kier molecular flexibility index (Phi) is 30.7. The molecule has 2 aromatic carbocycles. The van der Waals surface area contributed by atoms with Gasteiger partial charge in [0.2, 0.25) is 23.6 Å². The van der Waals surface area contributed by atoms with Crippen LogP contribution in [-0.2, 0) is 33.5 Å². The number of hydrogen-bond acceptors (Lipinski definition) is 17. The zero-order valence-electron chi connectivity index (χ0n) is 55.1. The van der Waals surface area contributed by atoms with Gasteiger partial charge in [-0.05, 0) is 133 Å². The molecule has 2 unspecified atom stereocenters. The van der Waals surface area contributed by atoms with Crippen LogP contribution in [0.25, 0.3) is 21.8 Å². The molecule has 26 nitrogen and oxygen atoms in total. The van der Waals surface area contributed by atoms with Gasteiger partial charge in [-0.1, -0.05) is 54.7 Å². The largest absolute Gasteiger partial charge is 0.496 e. The highest BCUT2D eigenvalue weighted by Crippen LogP contribution is 2.30. The Bertz CT molecular complexity index is 3500. The minimum Gasteiger partial charge on any atom is -0.496 e. The molecule has 4 aromatic heterocycles. The Morgan fingerprint density at radius 1 is 0.646 bits per heavy atom. The fourth-order valence-electron chi connectivity index (χ4n) is 12.1. The summed E-state index contributed by atoms with van der Waals surface area (Å²) in [6.07, 6.45) is 15.2. The topological polar surface area (TPSA) is 349 Å². The highest BCUT2D eigenvalue weighted by molar-refractivity contribution is 6.04. The molecule has 8 heterocycles. The van der Waals surface area contributed by atoms with Crippen molar-refractivity contribution < 1.29 is 67.3 Å². The van der Waals surface area contributed by atoms with E-state index < -0.39 is 78.4 Å². The summed E-state index contributed by atoms with van der Waals surface area (Å²) in [6, 6.07) is 13.0. The molecule has 524 valence electrons. The van der Waals surface area contributed by atoms with Gasteiger partial charge in [0, 0.05) is 115 Å². The maximum absolute atomic E-state index is 13.6. The summed E-state index contributed by atoms with van der Waals surface area (Å²) in [4.78, 5) is 142. The number of imidazole rings is 2. The van der Waals surface area contributed by atoms with Crippen molar-refractivity contribution in [3.8, 4) is 11.5 Å². The summed E-state index contributed by atoms with van der Waals surface area (Å²) < 4.78 is 18.8. The van der Waals surface area contributed by atoms with E-state index in [2.05, 4.69) is 53.4 Å². The second-order valence-corrected chi connectivity index (χ2v) is 25.3. The first-order valence-electron chi connectivity index (χ1n) is 32.4. The minimum absolute atomic E-state index is 0. The quantitative estimate of drug-likeness (QED) is 0.0250. The van der Waals surface area contributed by atoms with Gasteiger partial charge in [-0.15, -0.1) is 0 Å². The molecule has 0 aliphatic carbocycles. The summed E-state index contributed by atoms with van der Waals surface area (Å²) in [7, 11) is 3.12. The van der Waals surface area contributed by atoms with Crippen LogP contribution in [-0.4, -0.2) is 176 Å². The fourth-order valence-corrected chi connectivity index (χ4v) is 12.1. The van der Waals surface area contributed by atoms with Crippen LogP contribution in [0.3, 0.4) is 0 Å². The number of nitrogens with one attached hydrogen (secondary N) is 7. The number of likely N-dealkylation sites (tertiary alicyclic amines) is 1. The lowest BCUT2D eigenvalue weighted by Crippen LogP contribution is -2.47. The number of H-pyrrole nitrogens is 2. The summed E-state index contributed by atoms with van der Waals surface area (Å²) >= 11 is 0. The van der Waals surface area contributed by atoms with Crippen LogP contribution < -0.4 is 36.1 Å². The number of amides is 5. The fraction of sp³-hybridized carbons (Fsp3) is 0.543. The molecule has 5 amide bonds. The van der Waals surface area contributed by atoms with E-state index in [1.807, 2.05) is 71.0 Å². The van der Waals surface area contributed by atoms with Crippen LogP contribution in [0.1, 0.15) is 154 Å². The third-order valence-corrected chi connectivity index (χ3v) is 17.2. The van der Waals surface area contributed by atoms with Gasteiger partial charge < -0.3 is 60.8 Å². The van der Waals surface area contributed by atoms with E-state index in [4.69, 9.17) is 14.2 Å². The Hall–Kier alpha value is -9.04. The molecule has 4 aliphatic rings. The molecule has 96 heavy (non-hydrogen) atoms. The summed E-state index contributed by atoms with van der Waals surface area (Å²) in [6.45, 7) is 13.6. The standard InChI is InChI=1S/C31H42N4O7.C25H33N3O6.C7H6N4O.C5H11N.2CH4/c1-18(2)13-21(15-26(36)25-16-22-23(33-25)8-5-9-28(22)41-4)30(39)34-24(14-20-10-11-32-29(20)38)27(37)17-42-31(40)35-12-6-7-19(35)3;1-14(2)9-16(11-21(30)20-12-17-18(27-20)5-4-6-23(17)34-3)25(33)28-19(22(31)13-29)10-15-7-8-26-24(15)32;12-7(10-3-1-8-5-10)11-4-2-9-6-11;1-5-3-2-4-6-5;;/h5,8-9,16,18-21,24,33H,6-7,10-15,17H2,1-4H3,(H,32,38)(H,34,39);4-6,12,14-16,19,27,29H,7-11,13H2,1-3H3,(H,26,32)(H,28,33);1-6H;5-6H,2-4H2,1H3;2*1H4/t19?,20-,21+,24-;15-,16+,19-;;;;/m00..../s1. The molecular formula is C70H100N12O14. The zero-order valence-corrected chi connectivity index (χ0v) is 55.1. The maximum Gasteiger partial charge on any atom is 0.410 e. The van der Waals surface area contributed by atoms with Crippen molar-refractivity contribution >= 4 is 80.7 Å². The first-order chi connectivity index (χ1) is 45.1. The van der Waals surface area contributed by atoms with Gasteiger partial charge in [0.15, 0.2) is 29.7 Å². The van der Waals surface area contributed by atoms with E-state index in [0.29, 0.717) is 68.2 Å². The van der Waals surface area contributed by atoms with E-state index in [1.165, 1.54) is 41.2 Å². The maximum atomic E-state index is 13.6. The number of Topliss-reactive ketones (excluding diaryl/α,β-unsaturated/α-hetero) is 4. The number of methoxy groups -OCH3 is 2. The van der Waals surface area contributed by atoms with Gasteiger partial charge in [0.25, 0.3) is 0 Å². The number of benzene rings is 2. The lowest BCUT2D eigenvalue weighted by atomic mass is 9.89. The smallest absolute Gasteiger partial charge is 0.410 e. The molecular weight excluding hydrogens is 1230 g/mol. The molecule has 10 rings (SSSR count). The normalized spacial score (nSPS) is 18.3. The lowest BCUT2D eigenvalue weighted by molar-refractivity contribution is -0.133. The molecule has 0 radical (unpaired) electrons. The van der Waals surface area contributed by atoms with Gasteiger partial charge in [-0.3, -0.25) is 47.5 Å². The number of carbonyl (C=O) groups is 10. The van der Waals surface area contributed by atoms with Crippen molar-refractivity contribution in [1.29, 1.82) is 0 Å². The van der Waals surface area contributed by atoms with E-state index >= 15 is 0 Å². The number of aliphatic hydroxyl groups is 1. The van der Waals surface area contributed by atoms with Crippen LogP contribution in [0.2, 0.25) is 0 Å². The SMILES string of the molecule is C.C.CC1CCCN1.COc1cccc2[nH]c(C(=O)C[C@@H](CC(C)C)C(=O)N[C@@H](C[C@@H]3CCNC3=O)C(=O)CO)cc12.COc1cccc2[nH]c(C(=O)C[C@@H](CC(C)C)C(=O)N[C@@H](C[C@@H]3CCNC3=O)C(=O)COC(=O)N3CCCC3C)cc12.O=C(n1ccnc1)n1ccnc1.